The van der Waals surface area contributed by atoms with E-state index in [4.69, 9.17) is 16.3 Å². The zero-order chi connectivity index (χ0) is 13.0. The monoisotopic (exact) mass is 268 g/mol. The van der Waals surface area contributed by atoms with Crippen molar-refractivity contribution < 1.29 is 9.53 Å². The molecule has 1 aromatic carbocycles. The van der Waals surface area contributed by atoms with Crippen LogP contribution in [0.3, 0.4) is 0 Å². The third kappa shape index (κ3) is 3.62. The number of amides is 1. The first-order valence-corrected chi connectivity index (χ1v) is 6.43. The summed E-state index contributed by atoms with van der Waals surface area (Å²) in [6.07, 6.45) is -0.0665. The lowest BCUT2D eigenvalue weighted by atomic mass is 10.0. The van der Waals surface area contributed by atoms with Gasteiger partial charge in [0.15, 0.2) is 0 Å². The van der Waals surface area contributed by atoms with Gasteiger partial charge in [0.1, 0.15) is 11.9 Å². The number of benzene rings is 1. The number of hydrogen-bond donors (Lipinski definition) is 2. The summed E-state index contributed by atoms with van der Waals surface area (Å²) < 4.78 is 5.66. The van der Waals surface area contributed by atoms with Crippen molar-refractivity contribution in [2.24, 2.45) is 5.92 Å². The average Bonchev–Trinajstić information content (AvgIpc) is 2.27. The van der Waals surface area contributed by atoms with Gasteiger partial charge in [-0.1, -0.05) is 11.6 Å². The smallest absolute Gasteiger partial charge is 0.225 e. The molecule has 0 saturated carbocycles. The molecule has 1 heterocycles. The molecule has 2 N–H and O–H groups in total. The van der Waals surface area contributed by atoms with Gasteiger partial charge in [-0.2, -0.15) is 0 Å². The maximum absolute atomic E-state index is 11.6. The van der Waals surface area contributed by atoms with Gasteiger partial charge < -0.3 is 15.4 Å². The molecule has 1 aliphatic rings. The third-order valence-electron chi connectivity index (χ3n) is 2.87. The van der Waals surface area contributed by atoms with E-state index in [9.17, 15) is 4.79 Å². The van der Waals surface area contributed by atoms with E-state index in [1.54, 1.807) is 12.1 Å². The zero-order valence-electron chi connectivity index (χ0n) is 10.3. The van der Waals surface area contributed by atoms with Crippen LogP contribution in [0.25, 0.3) is 0 Å². The Morgan fingerprint density at radius 2 is 2.17 bits per heavy atom. The Morgan fingerprint density at radius 1 is 1.50 bits per heavy atom. The molecule has 0 aromatic heterocycles. The SMILES string of the molecule is CC(CNC(=O)C1CNC1)Oc1ccc(Cl)cc1. The number of halogens is 1. The molecule has 1 unspecified atom stereocenters. The topological polar surface area (TPSA) is 50.4 Å². The molecule has 18 heavy (non-hydrogen) atoms. The second-order valence-corrected chi connectivity index (χ2v) is 4.92. The van der Waals surface area contributed by atoms with E-state index >= 15 is 0 Å². The van der Waals surface area contributed by atoms with Crippen LogP contribution in [0.5, 0.6) is 5.75 Å². The largest absolute Gasteiger partial charge is 0.489 e. The minimum atomic E-state index is -0.0665. The predicted molar refractivity (Wildman–Crippen MR) is 70.9 cm³/mol. The van der Waals surface area contributed by atoms with Crippen LogP contribution in [0.15, 0.2) is 24.3 Å². The summed E-state index contributed by atoms with van der Waals surface area (Å²) in [5.41, 5.74) is 0. The first-order valence-electron chi connectivity index (χ1n) is 6.06. The number of hydrogen-bond acceptors (Lipinski definition) is 3. The average molecular weight is 269 g/mol. The van der Waals surface area contributed by atoms with E-state index in [0.717, 1.165) is 18.8 Å². The van der Waals surface area contributed by atoms with Crippen molar-refractivity contribution in [2.45, 2.75) is 13.0 Å². The lowest BCUT2D eigenvalue weighted by Crippen LogP contribution is -2.51. The van der Waals surface area contributed by atoms with E-state index < -0.39 is 0 Å². The molecule has 1 fully saturated rings. The Bertz CT molecular complexity index is 404. The molecule has 4 nitrogen and oxygen atoms in total. The van der Waals surface area contributed by atoms with Gasteiger partial charge >= 0.3 is 0 Å². The van der Waals surface area contributed by atoms with Crippen molar-refractivity contribution in [3.63, 3.8) is 0 Å². The summed E-state index contributed by atoms with van der Waals surface area (Å²) in [6.45, 7) is 3.99. The summed E-state index contributed by atoms with van der Waals surface area (Å²) in [7, 11) is 0. The van der Waals surface area contributed by atoms with Gasteiger partial charge in [0.2, 0.25) is 5.91 Å². The zero-order valence-corrected chi connectivity index (χ0v) is 11.0. The second-order valence-electron chi connectivity index (χ2n) is 4.48. The molecule has 5 heteroatoms. The van der Waals surface area contributed by atoms with Gasteiger partial charge in [0.05, 0.1) is 12.5 Å². The Labute approximate surface area is 112 Å². The molecule has 2 rings (SSSR count). The first kappa shape index (κ1) is 13.2. The maximum Gasteiger partial charge on any atom is 0.225 e. The quantitative estimate of drug-likeness (QED) is 0.850. The van der Waals surface area contributed by atoms with Gasteiger partial charge in [-0.3, -0.25) is 4.79 Å². The van der Waals surface area contributed by atoms with Crippen LogP contribution in [0.1, 0.15) is 6.92 Å². The number of ether oxygens (including phenoxy) is 1. The Hall–Kier alpha value is -1.26. The predicted octanol–water partition coefficient (Wildman–Crippen LogP) is 1.44. The van der Waals surface area contributed by atoms with Crippen molar-refractivity contribution in [3.05, 3.63) is 29.3 Å². The van der Waals surface area contributed by atoms with Gasteiger partial charge in [-0.25, -0.2) is 0 Å². The van der Waals surface area contributed by atoms with Crippen LogP contribution < -0.4 is 15.4 Å². The van der Waals surface area contributed by atoms with Crippen LogP contribution in [0, 0.1) is 5.92 Å². The fourth-order valence-corrected chi connectivity index (χ4v) is 1.78. The normalized spacial score (nSPS) is 16.8. The van der Waals surface area contributed by atoms with E-state index in [0.29, 0.717) is 11.6 Å². The fraction of sp³-hybridized carbons (Fsp3) is 0.462. The molecule has 1 atom stereocenters. The Morgan fingerprint density at radius 3 is 2.72 bits per heavy atom. The number of carbonyl (C=O) groups is 1. The maximum atomic E-state index is 11.6. The highest BCUT2D eigenvalue weighted by molar-refractivity contribution is 6.30. The first-order chi connectivity index (χ1) is 8.65. The summed E-state index contributed by atoms with van der Waals surface area (Å²) in [5.74, 6) is 0.972. The summed E-state index contributed by atoms with van der Waals surface area (Å²) in [6, 6.07) is 7.19. The van der Waals surface area contributed by atoms with E-state index in [-0.39, 0.29) is 17.9 Å². The lowest BCUT2D eigenvalue weighted by molar-refractivity contribution is -0.126. The third-order valence-corrected chi connectivity index (χ3v) is 3.12. The molecule has 1 aliphatic heterocycles. The highest BCUT2D eigenvalue weighted by Gasteiger charge is 2.24. The lowest BCUT2D eigenvalue weighted by Gasteiger charge is -2.26. The minimum Gasteiger partial charge on any atom is -0.489 e. The van der Waals surface area contributed by atoms with E-state index in [1.165, 1.54) is 0 Å². The fourth-order valence-electron chi connectivity index (χ4n) is 1.65. The van der Waals surface area contributed by atoms with Crippen LogP contribution in [0.2, 0.25) is 5.02 Å². The molecular weight excluding hydrogens is 252 g/mol. The number of rotatable bonds is 5. The van der Waals surface area contributed by atoms with Gasteiger partial charge in [0, 0.05) is 18.1 Å². The van der Waals surface area contributed by atoms with Crippen LogP contribution >= 0.6 is 11.6 Å². The highest BCUT2D eigenvalue weighted by Crippen LogP contribution is 2.16. The van der Waals surface area contributed by atoms with Crippen LogP contribution in [-0.2, 0) is 4.79 Å². The Balaban J connectivity index is 1.72. The van der Waals surface area contributed by atoms with Gasteiger partial charge in [0.25, 0.3) is 0 Å². The van der Waals surface area contributed by atoms with Gasteiger partial charge in [-0.05, 0) is 31.2 Å². The van der Waals surface area contributed by atoms with E-state index in [1.807, 2.05) is 19.1 Å². The molecule has 98 valence electrons. The van der Waals surface area contributed by atoms with Crippen LogP contribution in [0.4, 0.5) is 0 Å². The molecule has 1 saturated heterocycles. The van der Waals surface area contributed by atoms with Crippen molar-refractivity contribution in [1.29, 1.82) is 0 Å². The van der Waals surface area contributed by atoms with Crippen LogP contribution in [-0.4, -0.2) is 31.6 Å². The summed E-state index contributed by atoms with van der Waals surface area (Å²) in [5, 5.41) is 6.64. The molecule has 1 aromatic rings. The van der Waals surface area contributed by atoms with E-state index in [2.05, 4.69) is 10.6 Å². The second kappa shape index (κ2) is 6.07. The van der Waals surface area contributed by atoms with Crippen molar-refractivity contribution in [1.82, 2.24) is 10.6 Å². The molecule has 0 bridgehead atoms. The number of nitrogens with one attached hydrogen (secondary N) is 2. The van der Waals surface area contributed by atoms with Crippen molar-refractivity contribution in [2.75, 3.05) is 19.6 Å². The molecule has 0 spiro atoms. The highest BCUT2D eigenvalue weighted by atomic mass is 35.5. The standard InChI is InChI=1S/C13H17ClN2O2/c1-9(6-16-13(17)10-7-15-8-10)18-12-4-2-11(14)3-5-12/h2-5,9-10,15H,6-8H2,1H3,(H,16,17). The molecular formula is C13H17ClN2O2. The Kier molecular flexibility index (Phi) is 4.44. The van der Waals surface area contributed by atoms with Crippen molar-refractivity contribution in [3.8, 4) is 5.75 Å². The minimum absolute atomic E-state index is 0.0665. The molecule has 1 amide bonds. The van der Waals surface area contributed by atoms with Crippen molar-refractivity contribution >= 4 is 17.5 Å². The summed E-state index contributed by atoms with van der Waals surface area (Å²) >= 11 is 5.79. The molecule has 0 radical (unpaired) electrons. The number of carbonyl (C=O) groups excluding carboxylic acids is 1. The van der Waals surface area contributed by atoms with Gasteiger partial charge in [-0.15, -0.1) is 0 Å². The molecule has 0 aliphatic carbocycles. The summed E-state index contributed by atoms with van der Waals surface area (Å²) in [4.78, 5) is 11.6.